The van der Waals surface area contributed by atoms with E-state index >= 15 is 0 Å². The molecule has 2 aromatic rings. The number of pyridine rings is 1. The molecule has 19 heavy (non-hydrogen) atoms. The van der Waals surface area contributed by atoms with Crippen LogP contribution in [0.3, 0.4) is 0 Å². The molecule has 0 aliphatic rings. The predicted octanol–water partition coefficient (Wildman–Crippen LogP) is 3.16. The van der Waals surface area contributed by atoms with Crippen LogP contribution in [-0.4, -0.2) is 34.4 Å². The molecule has 4 nitrogen and oxygen atoms in total. The lowest BCUT2D eigenvalue weighted by atomic mass is 10.3. The summed E-state index contributed by atoms with van der Waals surface area (Å²) in [4.78, 5) is 20.4. The van der Waals surface area contributed by atoms with Gasteiger partial charge in [-0.25, -0.2) is 9.37 Å². The molecule has 0 bridgehead atoms. The van der Waals surface area contributed by atoms with Crippen molar-refractivity contribution in [3.05, 3.63) is 41.6 Å². The summed E-state index contributed by atoms with van der Waals surface area (Å²) in [6.07, 6.45) is 1.70. The maximum atomic E-state index is 12.6. The van der Waals surface area contributed by atoms with Crippen LogP contribution in [0.1, 0.15) is 16.9 Å². The average molecular weight is 282 g/mol. The zero-order valence-electron chi connectivity index (χ0n) is 10.4. The van der Waals surface area contributed by atoms with Gasteiger partial charge in [-0.3, -0.25) is 4.79 Å². The smallest absolute Gasteiger partial charge is 0.270 e. The fourth-order valence-corrected chi connectivity index (χ4v) is 1.94. The monoisotopic (exact) mass is 281 g/mol. The first-order chi connectivity index (χ1) is 8.99. The second-order valence-electron chi connectivity index (χ2n) is 4.24. The van der Waals surface area contributed by atoms with Gasteiger partial charge in [0, 0.05) is 31.6 Å². The summed E-state index contributed by atoms with van der Waals surface area (Å²) in [5.41, 5.74) is 1.02. The number of aromatic amines is 1. The van der Waals surface area contributed by atoms with E-state index in [2.05, 4.69) is 16.5 Å². The number of H-pyrrole nitrogens is 1. The predicted molar refractivity (Wildman–Crippen MR) is 72.9 cm³/mol. The van der Waals surface area contributed by atoms with Gasteiger partial charge in [0.2, 0.25) is 0 Å². The lowest BCUT2D eigenvalue weighted by Crippen LogP contribution is -2.28. The lowest BCUT2D eigenvalue weighted by Gasteiger charge is -2.15. The van der Waals surface area contributed by atoms with Gasteiger partial charge in [0.1, 0.15) is 5.69 Å². The van der Waals surface area contributed by atoms with E-state index in [4.69, 9.17) is 11.6 Å². The van der Waals surface area contributed by atoms with Crippen LogP contribution in [0.5, 0.6) is 0 Å². The molecule has 2 aromatic heterocycles. The van der Waals surface area contributed by atoms with Crippen LogP contribution in [0.2, 0.25) is 5.15 Å². The van der Waals surface area contributed by atoms with Crippen LogP contribution in [-0.2, 0) is 0 Å². The Hall–Kier alpha value is -1.88. The van der Waals surface area contributed by atoms with E-state index < -0.39 is 5.83 Å². The van der Waals surface area contributed by atoms with Gasteiger partial charge in [0.25, 0.3) is 5.91 Å². The van der Waals surface area contributed by atoms with E-state index in [1.807, 2.05) is 0 Å². The number of hydrogen-bond acceptors (Lipinski definition) is 2. The van der Waals surface area contributed by atoms with E-state index in [0.29, 0.717) is 16.4 Å². The quantitative estimate of drug-likeness (QED) is 0.875. The summed E-state index contributed by atoms with van der Waals surface area (Å²) in [5, 5.41) is 1.13. The van der Waals surface area contributed by atoms with Gasteiger partial charge in [-0.15, -0.1) is 0 Å². The van der Waals surface area contributed by atoms with E-state index in [1.54, 1.807) is 25.4 Å². The maximum absolute atomic E-state index is 12.6. The molecule has 0 atom stereocenters. The molecule has 0 saturated heterocycles. The number of amides is 1. The van der Waals surface area contributed by atoms with Crippen molar-refractivity contribution < 1.29 is 9.18 Å². The van der Waals surface area contributed by atoms with Crippen LogP contribution in [0.25, 0.3) is 10.9 Å². The summed E-state index contributed by atoms with van der Waals surface area (Å²) in [5.74, 6) is -0.669. The topological polar surface area (TPSA) is 49.0 Å². The molecule has 0 aliphatic heterocycles. The van der Waals surface area contributed by atoms with E-state index in [-0.39, 0.29) is 18.9 Å². The van der Waals surface area contributed by atoms with E-state index in [0.717, 1.165) is 5.39 Å². The van der Waals surface area contributed by atoms with Gasteiger partial charge in [0.15, 0.2) is 5.15 Å². The Labute approximate surface area is 114 Å². The second kappa shape index (κ2) is 5.40. The van der Waals surface area contributed by atoms with Crippen LogP contribution < -0.4 is 0 Å². The standard InChI is InChI=1S/C13H13ClFN3O/c1-8(15)4-6-18(2)13(19)10-7-9-3-5-16-12(14)11(9)17-10/h3,5,7,17H,1,4,6H2,2H3. The third-order valence-corrected chi connectivity index (χ3v) is 3.08. The van der Waals surface area contributed by atoms with Crippen molar-refractivity contribution in [1.82, 2.24) is 14.9 Å². The van der Waals surface area contributed by atoms with Gasteiger partial charge < -0.3 is 9.88 Å². The van der Waals surface area contributed by atoms with Gasteiger partial charge >= 0.3 is 0 Å². The molecule has 2 heterocycles. The highest BCUT2D eigenvalue weighted by Gasteiger charge is 2.15. The summed E-state index contributed by atoms with van der Waals surface area (Å²) in [7, 11) is 1.61. The molecule has 2 rings (SSSR count). The molecule has 0 aliphatic carbocycles. The molecule has 0 fully saturated rings. The Balaban J connectivity index is 2.21. The van der Waals surface area contributed by atoms with Crippen LogP contribution in [0, 0.1) is 0 Å². The Morgan fingerprint density at radius 3 is 3.00 bits per heavy atom. The number of carbonyl (C=O) groups excluding carboxylic acids is 1. The van der Waals surface area contributed by atoms with E-state index in [9.17, 15) is 9.18 Å². The van der Waals surface area contributed by atoms with Crippen LogP contribution in [0.4, 0.5) is 4.39 Å². The Morgan fingerprint density at radius 2 is 2.37 bits per heavy atom. The zero-order valence-corrected chi connectivity index (χ0v) is 11.2. The first kappa shape index (κ1) is 13.5. The molecule has 1 amide bonds. The minimum absolute atomic E-state index is 0.130. The molecule has 0 radical (unpaired) electrons. The minimum atomic E-state index is -0.441. The molecule has 0 saturated carbocycles. The average Bonchev–Trinajstić information content (AvgIpc) is 2.80. The molecular weight excluding hydrogens is 269 g/mol. The van der Waals surface area contributed by atoms with Gasteiger partial charge in [0.05, 0.1) is 11.3 Å². The number of rotatable bonds is 4. The van der Waals surface area contributed by atoms with Crippen molar-refractivity contribution in [3.8, 4) is 0 Å². The molecule has 100 valence electrons. The number of nitrogens with one attached hydrogen (secondary N) is 1. The van der Waals surface area contributed by atoms with Crippen molar-refractivity contribution >= 4 is 28.4 Å². The highest BCUT2D eigenvalue weighted by molar-refractivity contribution is 6.33. The summed E-state index contributed by atoms with van der Waals surface area (Å²) >= 11 is 5.93. The Kier molecular flexibility index (Phi) is 3.85. The molecule has 6 heteroatoms. The lowest BCUT2D eigenvalue weighted by molar-refractivity contribution is 0.0790. The number of hydrogen-bond donors (Lipinski definition) is 1. The SMILES string of the molecule is C=C(F)CCN(C)C(=O)c1cc2ccnc(Cl)c2[nH]1. The van der Waals surface area contributed by atoms with Gasteiger partial charge in [-0.05, 0) is 12.1 Å². The minimum Gasteiger partial charge on any atom is -0.348 e. The van der Waals surface area contributed by atoms with Crippen molar-refractivity contribution in [2.75, 3.05) is 13.6 Å². The Bertz CT molecular complexity index is 638. The zero-order chi connectivity index (χ0) is 14.0. The number of aromatic nitrogens is 2. The van der Waals surface area contributed by atoms with Crippen molar-refractivity contribution in [2.45, 2.75) is 6.42 Å². The first-order valence-electron chi connectivity index (χ1n) is 5.71. The van der Waals surface area contributed by atoms with E-state index in [1.165, 1.54) is 4.90 Å². The molecule has 1 N–H and O–H groups in total. The van der Waals surface area contributed by atoms with Crippen molar-refractivity contribution in [1.29, 1.82) is 0 Å². The summed E-state index contributed by atoms with van der Waals surface area (Å²) in [6, 6.07) is 3.46. The van der Waals surface area contributed by atoms with Crippen molar-refractivity contribution in [3.63, 3.8) is 0 Å². The number of carbonyl (C=O) groups is 1. The number of halogens is 2. The third kappa shape index (κ3) is 2.93. The molecule has 0 spiro atoms. The molecular formula is C13H13ClFN3O. The van der Waals surface area contributed by atoms with Crippen LogP contribution >= 0.6 is 11.6 Å². The van der Waals surface area contributed by atoms with Gasteiger partial charge in [-0.1, -0.05) is 18.2 Å². The maximum Gasteiger partial charge on any atom is 0.270 e. The molecule has 0 unspecified atom stereocenters. The number of fused-ring (bicyclic) bond motifs is 1. The first-order valence-corrected chi connectivity index (χ1v) is 6.09. The normalized spacial score (nSPS) is 10.7. The number of nitrogens with zero attached hydrogens (tertiary/aromatic N) is 2. The summed E-state index contributed by atoms with van der Waals surface area (Å²) < 4.78 is 12.6. The fraction of sp³-hybridized carbons (Fsp3) is 0.231. The largest absolute Gasteiger partial charge is 0.348 e. The van der Waals surface area contributed by atoms with Crippen LogP contribution in [0.15, 0.2) is 30.7 Å². The Morgan fingerprint density at radius 1 is 1.63 bits per heavy atom. The second-order valence-corrected chi connectivity index (χ2v) is 4.60. The fourth-order valence-electron chi connectivity index (χ4n) is 1.73. The van der Waals surface area contributed by atoms with Gasteiger partial charge in [-0.2, -0.15) is 0 Å². The molecule has 0 aromatic carbocycles. The highest BCUT2D eigenvalue weighted by Crippen LogP contribution is 2.21. The van der Waals surface area contributed by atoms with Crippen molar-refractivity contribution in [2.24, 2.45) is 0 Å². The third-order valence-electron chi connectivity index (χ3n) is 2.79. The highest BCUT2D eigenvalue weighted by atomic mass is 35.5. The summed E-state index contributed by atoms with van der Waals surface area (Å²) in [6.45, 7) is 3.44.